The number of hydrogen-bond acceptors (Lipinski definition) is 5. The van der Waals surface area contributed by atoms with Crippen molar-refractivity contribution in [3.63, 3.8) is 0 Å². The van der Waals surface area contributed by atoms with E-state index in [4.69, 9.17) is 16.3 Å². The molecule has 6 nitrogen and oxygen atoms in total. The molecule has 1 rings (SSSR count). The van der Waals surface area contributed by atoms with E-state index in [1.165, 1.54) is 13.4 Å². The van der Waals surface area contributed by atoms with Crippen molar-refractivity contribution in [2.45, 2.75) is 19.8 Å². The van der Waals surface area contributed by atoms with E-state index >= 15 is 0 Å². The molecular formula is C11H17ClN4O2. The molecule has 1 amide bonds. The van der Waals surface area contributed by atoms with Crippen molar-refractivity contribution in [2.75, 3.05) is 25.5 Å². The van der Waals surface area contributed by atoms with Crippen LogP contribution in [-0.4, -0.2) is 36.1 Å². The van der Waals surface area contributed by atoms with Gasteiger partial charge in [-0.3, -0.25) is 4.79 Å². The van der Waals surface area contributed by atoms with Gasteiger partial charge in [-0.05, 0) is 6.42 Å². The number of hydrogen-bond donors (Lipinski definition) is 2. The van der Waals surface area contributed by atoms with E-state index in [0.717, 1.165) is 6.42 Å². The van der Waals surface area contributed by atoms with Crippen molar-refractivity contribution in [1.82, 2.24) is 15.3 Å². The van der Waals surface area contributed by atoms with Gasteiger partial charge in [-0.1, -0.05) is 18.5 Å². The average Bonchev–Trinajstić information content (AvgIpc) is 2.36. The second-order valence-electron chi connectivity index (χ2n) is 3.57. The average molecular weight is 273 g/mol. The van der Waals surface area contributed by atoms with E-state index < -0.39 is 0 Å². The van der Waals surface area contributed by atoms with E-state index in [1.807, 2.05) is 6.92 Å². The molecule has 0 aliphatic carbocycles. The third-order valence-electron chi connectivity index (χ3n) is 2.18. The minimum Gasteiger partial charge on any atom is -0.490 e. The molecule has 0 saturated heterocycles. The summed E-state index contributed by atoms with van der Waals surface area (Å²) in [5, 5.41) is 6.02. The van der Waals surface area contributed by atoms with Crippen LogP contribution in [0.25, 0.3) is 0 Å². The number of ether oxygens (including phenoxy) is 1. The topological polar surface area (TPSA) is 76.1 Å². The molecule has 1 heterocycles. The number of rotatable bonds is 7. The largest absolute Gasteiger partial charge is 0.490 e. The van der Waals surface area contributed by atoms with Crippen LogP contribution >= 0.6 is 11.6 Å². The van der Waals surface area contributed by atoms with Gasteiger partial charge >= 0.3 is 0 Å². The maximum atomic E-state index is 11.4. The Morgan fingerprint density at radius 3 is 2.89 bits per heavy atom. The molecule has 0 atom stereocenters. The minimum atomic E-state index is 0.00321. The lowest BCUT2D eigenvalue weighted by Gasteiger charge is -2.10. The number of nitrogens with zero attached hydrogens (tertiary/aromatic N) is 2. The maximum absolute atomic E-state index is 11.4. The van der Waals surface area contributed by atoms with Gasteiger partial charge in [0.25, 0.3) is 0 Å². The summed E-state index contributed by atoms with van der Waals surface area (Å²) in [6.07, 6.45) is 2.63. The van der Waals surface area contributed by atoms with Crippen molar-refractivity contribution in [1.29, 1.82) is 0 Å². The highest BCUT2D eigenvalue weighted by Gasteiger charge is 2.10. The van der Waals surface area contributed by atoms with Crippen LogP contribution in [0.15, 0.2) is 6.33 Å². The Labute approximate surface area is 111 Å². The zero-order chi connectivity index (χ0) is 13.4. The summed E-state index contributed by atoms with van der Waals surface area (Å²) < 4.78 is 5.08. The van der Waals surface area contributed by atoms with Crippen LogP contribution in [0.5, 0.6) is 5.75 Å². The summed E-state index contributed by atoms with van der Waals surface area (Å²) in [5.74, 6) is 0.873. The summed E-state index contributed by atoms with van der Waals surface area (Å²) in [7, 11) is 1.49. The van der Waals surface area contributed by atoms with Crippen molar-refractivity contribution in [3.05, 3.63) is 11.5 Å². The summed E-state index contributed by atoms with van der Waals surface area (Å²) in [6.45, 7) is 3.16. The molecule has 18 heavy (non-hydrogen) atoms. The van der Waals surface area contributed by atoms with Crippen molar-refractivity contribution >= 4 is 23.3 Å². The third-order valence-corrected chi connectivity index (χ3v) is 2.45. The fourth-order valence-electron chi connectivity index (χ4n) is 1.31. The van der Waals surface area contributed by atoms with Gasteiger partial charge in [0.15, 0.2) is 16.7 Å². The van der Waals surface area contributed by atoms with Crippen LogP contribution in [0.1, 0.15) is 19.8 Å². The van der Waals surface area contributed by atoms with Crippen LogP contribution < -0.4 is 15.4 Å². The minimum absolute atomic E-state index is 0.00321. The van der Waals surface area contributed by atoms with Crippen molar-refractivity contribution < 1.29 is 9.53 Å². The molecular weight excluding hydrogens is 256 g/mol. The first-order chi connectivity index (χ1) is 8.69. The third kappa shape index (κ3) is 4.37. The number of anilines is 1. The molecule has 0 radical (unpaired) electrons. The highest BCUT2D eigenvalue weighted by Crippen LogP contribution is 2.27. The zero-order valence-electron chi connectivity index (χ0n) is 10.5. The van der Waals surface area contributed by atoms with E-state index in [0.29, 0.717) is 31.1 Å². The lowest BCUT2D eigenvalue weighted by Crippen LogP contribution is -2.26. The molecule has 0 saturated carbocycles. The Hall–Kier alpha value is -1.56. The lowest BCUT2D eigenvalue weighted by molar-refractivity contribution is -0.120. The van der Waals surface area contributed by atoms with Crippen LogP contribution in [0.3, 0.4) is 0 Å². The summed E-state index contributed by atoms with van der Waals surface area (Å²) in [5.41, 5.74) is 0. The molecule has 100 valence electrons. The van der Waals surface area contributed by atoms with Crippen molar-refractivity contribution in [2.24, 2.45) is 0 Å². The molecule has 0 aliphatic rings. The fraction of sp³-hybridized carbons (Fsp3) is 0.545. The molecule has 0 bridgehead atoms. The van der Waals surface area contributed by atoms with Gasteiger partial charge in [0.2, 0.25) is 5.91 Å². The highest BCUT2D eigenvalue weighted by molar-refractivity contribution is 6.31. The number of carbonyl (C=O) groups excluding carboxylic acids is 1. The number of halogens is 1. The molecule has 7 heteroatoms. The second-order valence-corrected chi connectivity index (χ2v) is 3.93. The van der Waals surface area contributed by atoms with Gasteiger partial charge in [0.05, 0.1) is 7.11 Å². The predicted molar refractivity (Wildman–Crippen MR) is 70.0 cm³/mol. The molecule has 0 aromatic carbocycles. The number of methoxy groups -OCH3 is 1. The lowest BCUT2D eigenvalue weighted by atomic mass is 10.3. The maximum Gasteiger partial charge on any atom is 0.221 e. The van der Waals surface area contributed by atoms with E-state index in [9.17, 15) is 4.79 Å². The number of nitrogens with one attached hydrogen (secondary N) is 2. The summed E-state index contributed by atoms with van der Waals surface area (Å²) in [6, 6.07) is 0. The molecule has 0 unspecified atom stereocenters. The van der Waals surface area contributed by atoms with E-state index in [1.54, 1.807) is 0 Å². The first kappa shape index (κ1) is 14.5. The van der Waals surface area contributed by atoms with Gasteiger partial charge in [-0.2, -0.15) is 0 Å². The van der Waals surface area contributed by atoms with Gasteiger partial charge in [0.1, 0.15) is 6.33 Å². The quantitative estimate of drug-likeness (QED) is 0.735. The van der Waals surface area contributed by atoms with E-state index in [-0.39, 0.29) is 11.1 Å². The molecule has 0 aliphatic heterocycles. The Morgan fingerprint density at radius 1 is 1.44 bits per heavy atom. The smallest absolute Gasteiger partial charge is 0.221 e. The van der Waals surface area contributed by atoms with Crippen LogP contribution in [0.4, 0.5) is 5.82 Å². The van der Waals surface area contributed by atoms with E-state index in [2.05, 4.69) is 20.6 Å². The highest BCUT2D eigenvalue weighted by atomic mass is 35.5. The van der Waals surface area contributed by atoms with Gasteiger partial charge in [-0.15, -0.1) is 0 Å². The van der Waals surface area contributed by atoms with Gasteiger partial charge in [-0.25, -0.2) is 9.97 Å². The zero-order valence-corrected chi connectivity index (χ0v) is 11.3. The normalized spacial score (nSPS) is 9.94. The first-order valence-electron chi connectivity index (χ1n) is 5.74. The molecule has 0 fully saturated rings. The molecule has 2 N–H and O–H groups in total. The predicted octanol–water partition coefficient (Wildman–Crippen LogP) is 1.47. The molecule has 1 aromatic heterocycles. The first-order valence-corrected chi connectivity index (χ1v) is 6.11. The number of amides is 1. The Kier molecular flexibility index (Phi) is 6.21. The number of carbonyl (C=O) groups is 1. The van der Waals surface area contributed by atoms with Crippen LogP contribution in [-0.2, 0) is 4.79 Å². The summed E-state index contributed by atoms with van der Waals surface area (Å²) in [4.78, 5) is 19.2. The molecule has 1 aromatic rings. The van der Waals surface area contributed by atoms with Gasteiger partial charge in [0, 0.05) is 19.5 Å². The standard InChI is InChI=1S/C11H17ClN4O2/c1-3-5-13-8(17)4-6-14-11-9(18-2)10(12)15-7-16-11/h7H,3-6H2,1-2H3,(H,13,17)(H,14,15,16). The Bertz CT molecular complexity index is 401. The van der Waals surface area contributed by atoms with Crippen molar-refractivity contribution in [3.8, 4) is 5.75 Å². The number of aromatic nitrogens is 2. The SMILES string of the molecule is CCCNC(=O)CCNc1ncnc(Cl)c1OC. The summed E-state index contributed by atoms with van der Waals surface area (Å²) >= 11 is 5.84. The monoisotopic (exact) mass is 272 g/mol. The second kappa shape index (κ2) is 7.71. The fourth-order valence-corrected chi connectivity index (χ4v) is 1.52. The Balaban J connectivity index is 2.44. The van der Waals surface area contributed by atoms with Crippen LogP contribution in [0, 0.1) is 0 Å². The molecule has 0 spiro atoms. The van der Waals surface area contributed by atoms with Gasteiger partial charge < -0.3 is 15.4 Å². The van der Waals surface area contributed by atoms with Crippen LogP contribution in [0.2, 0.25) is 5.15 Å². The Morgan fingerprint density at radius 2 is 2.22 bits per heavy atom.